The molecule has 2 unspecified atom stereocenters. The summed E-state index contributed by atoms with van der Waals surface area (Å²) in [5.41, 5.74) is 1.59. The fourth-order valence-electron chi connectivity index (χ4n) is 3.61. The van der Waals surface area contributed by atoms with Crippen LogP contribution in [0.1, 0.15) is 22.3 Å². The van der Waals surface area contributed by atoms with E-state index in [0.29, 0.717) is 25.1 Å². The summed E-state index contributed by atoms with van der Waals surface area (Å²) in [6.45, 7) is 0.901. The van der Waals surface area contributed by atoms with Crippen LogP contribution in [0.15, 0.2) is 71.2 Å². The van der Waals surface area contributed by atoms with E-state index in [0.717, 1.165) is 20.8 Å². The number of carbonyl (C=O) groups is 1. The molecule has 0 aromatic heterocycles. The van der Waals surface area contributed by atoms with Crippen LogP contribution < -0.4 is 0 Å². The number of hydrogen-bond acceptors (Lipinski definition) is 2. The van der Waals surface area contributed by atoms with Gasteiger partial charge in [-0.15, -0.1) is 0 Å². The summed E-state index contributed by atoms with van der Waals surface area (Å²) in [6.07, 6.45) is -1.20. The van der Waals surface area contributed by atoms with Gasteiger partial charge in [0, 0.05) is 16.6 Å². The third-order valence-electron chi connectivity index (χ3n) is 5.19. The maximum atomic E-state index is 14.7. The van der Waals surface area contributed by atoms with E-state index in [9.17, 15) is 9.18 Å². The second-order valence-electron chi connectivity index (χ2n) is 7.03. The van der Waals surface area contributed by atoms with Gasteiger partial charge in [-0.3, -0.25) is 4.79 Å². The van der Waals surface area contributed by atoms with Crippen LogP contribution >= 0.6 is 15.9 Å². The lowest BCUT2D eigenvalue weighted by molar-refractivity contribution is -0.0487. The molecule has 1 heterocycles. The molecule has 1 aliphatic rings. The third-order valence-corrected chi connectivity index (χ3v) is 6.12. The second-order valence-corrected chi connectivity index (χ2v) is 7.82. The van der Waals surface area contributed by atoms with E-state index < -0.39 is 12.3 Å². The Kier molecular flexibility index (Phi) is 5.74. The quantitative estimate of drug-likeness (QED) is 0.544. The number of fused-ring (bicyclic) bond motifs is 1. The van der Waals surface area contributed by atoms with Crippen LogP contribution in [0.4, 0.5) is 4.39 Å². The minimum Gasteiger partial charge on any atom is -0.370 e. The van der Waals surface area contributed by atoms with Gasteiger partial charge in [0.15, 0.2) is 0 Å². The van der Waals surface area contributed by atoms with E-state index in [1.807, 2.05) is 42.5 Å². The zero-order valence-corrected chi connectivity index (χ0v) is 16.9. The van der Waals surface area contributed by atoms with Gasteiger partial charge in [-0.05, 0) is 50.8 Å². The number of benzene rings is 3. The number of nitrogens with zero attached hydrogens (tertiary/aromatic N) is 1. The first-order valence-electron chi connectivity index (χ1n) is 9.39. The van der Waals surface area contributed by atoms with Crippen molar-refractivity contribution in [2.45, 2.75) is 25.3 Å². The Labute approximate surface area is 172 Å². The predicted molar refractivity (Wildman–Crippen MR) is 112 cm³/mol. The summed E-state index contributed by atoms with van der Waals surface area (Å²) < 4.78 is 21.6. The molecule has 4 rings (SSSR count). The molecule has 1 fully saturated rings. The highest BCUT2D eigenvalue weighted by atomic mass is 79.9. The smallest absolute Gasteiger partial charge is 0.253 e. The van der Waals surface area contributed by atoms with Crippen molar-refractivity contribution < 1.29 is 13.9 Å². The van der Waals surface area contributed by atoms with Crippen LogP contribution in [0.2, 0.25) is 0 Å². The fraction of sp³-hybridized carbons (Fsp3) is 0.261. The number of amides is 1. The Morgan fingerprint density at radius 2 is 1.82 bits per heavy atom. The molecule has 5 heteroatoms. The van der Waals surface area contributed by atoms with Crippen molar-refractivity contribution in [1.29, 1.82) is 0 Å². The predicted octanol–water partition coefficient (Wildman–Crippen LogP) is 5.37. The van der Waals surface area contributed by atoms with Crippen molar-refractivity contribution in [3.8, 4) is 0 Å². The van der Waals surface area contributed by atoms with E-state index in [2.05, 4.69) is 28.1 Å². The summed E-state index contributed by atoms with van der Waals surface area (Å²) in [5, 5.41) is 2.26. The Morgan fingerprint density at radius 3 is 2.61 bits per heavy atom. The average molecular weight is 442 g/mol. The molecule has 1 saturated heterocycles. The first kappa shape index (κ1) is 19.1. The van der Waals surface area contributed by atoms with Gasteiger partial charge in [0.1, 0.15) is 6.17 Å². The van der Waals surface area contributed by atoms with Crippen LogP contribution in [0, 0.1) is 0 Å². The largest absolute Gasteiger partial charge is 0.370 e. The molecule has 0 N–H and O–H groups in total. The lowest BCUT2D eigenvalue weighted by Gasteiger charge is -2.34. The number of piperidine rings is 1. The highest BCUT2D eigenvalue weighted by molar-refractivity contribution is 9.10. The Hall–Kier alpha value is -2.24. The van der Waals surface area contributed by atoms with Crippen molar-refractivity contribution in [1.82, 2.24) is 4.90 Å². The minimum absolute atomic E-state index is 0.0668. The van der Waals surface area contributed by atoms with E-state index in [4.69, 9.17) is 4.74 Å². The van der Waals surface area contributed by atoms with Gasteiger partial charge >= 0.3 is 0 Å². The standard InChI is InChI=1S/C23H21BrFNO2/c24-22-18(11-10-16-6-4-5-9-19(16)22)15-28-21-12-13-26(14-20(21)25)23(27)17-7-2-1-3-8-17/h1-11,20-21H,12-15H2. The molecule has 0 saturated carbocycles. The number of carbonyl (C=O) groups excluding carboxylic acids is 1. The molecule has 3 nitrogen and oxygen atoms in total. The number of halogens is 2. The Balaban J connectivity index is 1.38. The summed E-state index contributed by atoms with van der Waals surface area (Å²) in [7, 11) is 0. The minimum atomic E-state index is -1.19. The van der Waals surface area contributed by atoms with Crippen molar-refractivity contribution in [2.24, 2.45) is 0 Å². The molecule has 0 radical (unpaired) electrons. The van der Waals surface area contributed by atoms with Gasteiger partial charge in [-0.25, -0.2) is 4.39 Å². The maximum absolute atomic E-state index is 14.7. The number of rotatable bonds is 4. The molecule has 1 aliphatic heterocycles. The first-order chi connectivity index (χ1) is 13.6. The normalized spacial score (nSPS) is 19.7. The zero-order chi connectivity index (χ0) is 19.5. The van der Waals surface area contributed by atoms with Crippen molar-refractivity contribution in [3.05, 3.63) is 82.3 Å². The maximum Gasteiger partial charge on any atom is 0.253 e. The molecule has 3 aromatic rings. The second kappa shape index (κ2) is 8.41. The van der Waals surface area contributed by atoms with E-state index in [1.165, 1.54) is 0 Å². The number of alkyl halides is 1. The van der Waals surface area contributed by atoms with Gasteiger partial charge in [0.05, 0.1) is 19.3 Å². The van der Waals surface area contributed by atoms with Crippen LogP contribution in [0.25, 0.3) is 10.8 Å². The van der Waals surface area contributed by atoms with E-state index in [-0.39, 0.29) is 12.5 Å². The SMILES string of the molecule is O=C(c1ccccc1)N1CCC(OCc2ccc3ccccc3c2Br)C(F)C1. The number of likely N-dealkylation sites (tertiary alicyclic amines) is 1. The average Bonchev–Trinajstić information content (AvgIpc) is 2.74. The van der Waals surface area contributed by atoms with Crippen LogP contribution in [-0.2, 0) is 11.3 Å². The molecule has 144 valence electrons. The highest BCUT2D eigenvalue weighted by Gasteiger charge is 2.32. The molecule has 3 aromatic carbocycles. The molecular weight excluding hydrogens is 421 g/mol. The van der Waals surface area contributed by atoms with Gasteiger partial charge in [-0.1, -0.05) is 54.6 Å². The number of hydrogen-bond donors (Lipinski definition) is 0. The highest BCUT2D eigenvalue weighted by Crippen LogP contribution is 2.29. The Bertz CT molecular complexity index is 979. The van der Waals surface area contributed by atoms with E-state index >= 15 is 0 Å². The zero-order valence-electron chi connectivity index (χ0n) is 15.4. The molecular formula is C23H21BrFNO2. The summed E-state index contributed by atoms with van der Waals surface area (Å²) >= 11 is 3.65. The van der Waals surface area contributed by atoms with Gasteiger partial charge < -0.3 is 9.64 Å². The topological polar surface area (TPSA) is 29.5 Å². The molecule has 0 spiro atoms. The monoisotopic (exact) mass is 441 g/mol. The van der Waals surface area contributed by atoms with Crippen molar-refractivity contribution >= 4 is 32.6 Å². The molecule has 0 aliphatic carbocycles. The fourth-order valence-corrected chi connectivity index (χ4v) is 4.21. The summed E-state index contributed by atoms with van der Waals surface area (Å²) in [4.78, 5) is 14.1. The lowest BCUT2D eigenvalue weighted by atomic mass is 10.0. The first-order valence-corrected chi connectivity index (χ1v) is 10.2. The van der Waals surface area contributed by atoms with Crippen LogP contribution in [0.5, 0.6) is 0 Å². The van der Waals surface area contributed by atoms with Gasteiger partial charge in [-0.2, -0.15) is 0 Å². The van der Waals surface area contributed by atoms with Crippen LogP contribution in [-0.4, -0.2) is 36.2 Å². The summed E-state index contributed by atoms with van der Waals surface area (Å²) in [6, 6.07) is 21.2. The van der Waals surface area contributed by atoms with Gasteiger partial charge in [0.25, 0.3) is 5.91 Å². The molecule has 2 atom stereocenters. The molecule has 28 heavy (non-hydrogen) atoms. The van der Waals surface area contributed by atoms with Crippen molar-refractivity contribution in [3.63, 3.8) is 0 Å². The van der Waals surface area contributed by atoms with Crippen LogP contribution in [0.3, 0.4) is 0 Å². The van der Waals surface area contributed by atoms with Crippen molar-refractivity contribution in [2.75, 3.05) is 13.1 Å². The number of ether oxygens (including phenoxy) is 1. The molecule has 0 bridgehead atoms. The lowest BCUT2D eigenvalue weighted by Crippen LogP contribution is -2.48. The van der Waals surface area contributed by atoms with Gasteiger partial charge in [0.2, 0.25) is 0 Å². The van der Waals surface area contributed by atoms with E-state index in [1.54, 1.807) is 17.0 Å². The Morgan fingerprint density at radius 1 is 1.07 bits per heavy atom. The molecule has 1 amide bonds. The third kappa shape index (κ3) is 3.96. The summed E-state index contributed by atoms with van der Waals surface area (Å²) in [5.74, 6) is -0.126.